The standard InChI is InChI=1S/C12H19N5O3/c1-15(2)5-4-6-16(3)12(18)9-7-11(13)14-8-10(9)17(19)20/h7-8H,4-6H2,1-3H3,(H2,13,14). The zero-order valence-electron chi connectivity index (χ0n) is 11.9. The molecule has 0 spiro atoms. The molecule has 0 aromatic carbocycles. The maximum absolute atomic E-state index is 12.2. The summed E-state index contributed by atoms with van der Waals surface area (Å²) in [5.74, 6) is -0.342. The maximum atomic E-state index is 12.2. The normalized spacial score (nSPS) is 10.6. The first kappa shape index (κ1) is 15.8. The van der Waals surface area contributed by atoms with E-state index in [4.69, 9.17) is 5.73 Å². The van der Waals surface area contributed by atoms with Gasteiger partial charge in [0.2, 0.25) is 0 Å². The van der Waals surface area contributed by atoms with Crippen LogP contribution in [-0.2, 0) is 0 Å². The number of rotatable bonds is 6. The first-order valence-corrected chi connectivity index (χ1v) is 6.13. The van der Waals surface area contributed by atoms with Gasteiger partial charge in [0, 0.05) is 13.6 Å². The van der Waals surface area contributed by atoms with Crippen LogP contribution in [0.3, 0.4) is 0 Å². The molecule has 2 N–H and O–H groups in total. The summed E-state index contributed by atoms with van der Waals surface area (Å²) >= 11 is 0. The molecule has 8 heteroatoms. The molecule has 0 fully saturated rings. The number of anilines is 1. The lowest BCUT2D eigenvalue weighted by Crippen LogP contribution is -2.30. The topological polar surface area (TPSA) is 106 Å². The van der Waals surface area contributed by atoms with Gasteiger partial charge in [0.1, 0.15) is 17.6 Å². The summed E-state index contributed by atoms with van der Waals surface area (Å²) in [6, 6.07) is 1.24. The molecule has 1 heterocycles. The monoisotopic (exact) mass is 281 g/mol. The molecule has 0 aliphatic heterocycles. The van der Waals surface area contributed by atoms with Gasteiger partial charge in [-0.1, -0.05) is 0 Å². The second kappa shape index (κ2) is 6.80. The Labute approximate surface area is 117 Å². The van der Waals surface area contributed by atoms with Crippen molar-refractivity contribution in [3.05, 3.63) is 27.9 Å². The fourth-order valence-electron chi connectivity index (χ4n) is 1.71. The average Bonchev–Trinajstić information content (AvgIpc) is 2.36. The van der Waals surface area contributed by atoms with E-state index in [-0.39, 0.29) is 17.1 Å². The molecule has 0 saturated carbocycles. The van der Waals surface area contributed by atoms with E-state index in [0.717, 1.165) is 19.2 Å². The third kappa shape index (κ3) is 4.16. The zero-order valence-corrected chi connectivity index (χ0v) is 11.9. The molecule has 20 heavy (non-hydrogen) atoms. The molecular weight excluding hydrogens is 262 g/mol. The number of nitrogen functional groups attached to an aromatic ring is 1. The Bertz CT molecular complexity index is 504. The van der Waals surface area contributed by atoms with Gasteiger partial charge in [-0.2, -0.15) is 0 Å². The van der Waals surface area contributed by atoms with Crippen LogP contribution in [-0.4, -0.2) is 59.8 Å². The molecule has 8 nitrogen and oxygen atoms in total. The quantitative estimate of drug-likeness (QED) is 0.604. The van der Waals surface area contributed by atoms with Gasteiger partial charge >= 0.3 is 0 Å². The third-order valence-corrected chi connectivity index (χ3v) is 2.78. The van der Waals surface area contributed by atoms with E-state index in [1.807, 2.05) is 19.0 Å². The predicted octanol–water partition coefficient (Wildman–Crippen LogP) is 0.596. The SMILES string of the molecule is CN(C)CCCN(C)C(=O)c1cc(N)ncc1[N+](=O)[O-]. The number of nitro groups is 1. The lowest BCUT2D eigenvalue weighted by Gasteiger charge is -2.18. The summed E-state index contributed by atoms with van der Waals surface area (Å²) in [7, 11) is 5.49. The van der Waals surface area contributed by atoms with E-state index in [1.54, 1.807) is 7.05 Å². The number of hydrogen-bond donors (Lipinski definition) is 1. The lowest BCUT2D eigenvalue weighted by molar-refractivity contribution is -0.385. The van der Waals surface area contributed by atoms with Gasteiger partial charge in [-0.05, 0) is 33.1 Å². The molecule has 1 rings (SSSR count). The first-order valence-electron chi connectivity index (χ1n) is 6.13. The fourth-order valence-corrected chi connectivity index (χ4v) is 1.71. The number of nitrogens with zero attached hydrogens (tertiary/aromatic N) is 4. The summed E-state index contributed by atoms with van der Waals surface area (Å²) in [4.78, 5) is 29.6. The molecule has 0 radical (unpaired) electrons. The molecule has 0 aliphatic rings. The molecule has 0 unspecified atom stereocenters. The predicted molar refractivity (Wildman–Crippen MR) is 75.4 cm³/mol. The number of carbonyl (C=O) groups is 1. The van der Waals surface area contributed by atoms with E-state index in [0.29, 0.717) is 6.54 Å². The molecule has 1 aromatic rings. The van der Waals surface area contributed by atoms with E-state index in [1.165, 1.54) is 11.0 Å². The Morgan fingerprint density at radius 1 is 1.40 bits per heavy atom. The number of pyridine rings is 1. The van der Waals surface area contributed by atoms with Gasteiger partial charge in [-0.15, -0.1) is 0 Å². The van der Waals surface area contributed by atoms with Gasteiger partial charge < -0.3 is 15.5 Å². The summed E-state index contributed by atoms with van der Waals surface area (Å²) in [6.07, 6.45) is 1.79. The molecular formula is C12H19N5O3. The first-order chi connectivity index (χ1) is 9.32. The Hall–Kier alpha value is -2.22. The van der Waals surface area contributed by atoms with E-state index in [2.05, 4.69) is 4.98 Å². The van der Waals surface area contributed by atoms with Crippen molar-refractivity contribution in [1.82, 2.24) is 14.8 Å². The van der Waals surface area contributed by atoms with Gasteiger partial charge in [0.05, 0.1) is 4.92 Å². The zero-order chi connectivity index (χ0) is 15.3. The maximum Gasteiger partial charge on any atom is 0.300 e. The number of nitrogens with two attached hydrogens (primary N) is 1. The number of aromatic nitrogens is 1. The molecule has 1 amide bonds. The van der Waals surface area contributed by atoms with Crippen LogP contribution in [0.1, 0.15) is 16.8 Å². The molecule has 0 aliphatic carbocycles. The minimum Gasteiger partial charge on any atom is -0.384 e. The van der Waals surface area contributed by atoms with E-state index >= 15 is 0 Å². The van der Waals surface area contributed by atoms with Crippen molar-refractivity contribution in [2.24, 2.45) is 0 Å². The smallest absolute Gasteiger partial charge is 0.300 e. The van der Waals surface area contributed by atoms with Crippen LogP contribution in [0.25, 0.3) is 0 Å². The number of hydrogen-bond acceptors (Lipinski definition) is 6. The van der Waals surface area contributed by atoms with Crippen LogP contribution in [0.2, 0.25) is 0 Å². The van der Waals surface area contributed by atoms with Crippen molar-refractivity contribution >= 4 is 17.4 Å². The van der Waals surface area contributed by atoms with Crippen molar-refractivity contribution in [1.29, 1.82) is 0 Å². The fraction of sp³-hybridized carbons (Fsp3) is 0.500. The van der Waals surface area contributed by atoms with Gasteiger partial charge in [-0.25, -0.2) is 4.98 Å². The summed E-state index contributed by atoms with van der Waals surface area (Å²) < 4.78 is 0. The second-order valence-electron chi connectivity index (χ2n) is 4.77. The molecule has 110 valence electrons. The highest BCUT2D eigenvalue weighted by atomic mass is 16.6. The second-order valence-corrected chi connectivity index (χ2v) is 4.77. The van der Waals surface area contributed by atoms with Crippen LogP contribution in [0.5, 0.6) is 0 Å². The minimum absolute atomic E-state index is 0.0325. The highest BCUT2D eigenvalue weighted by molar-refractivity contribution is 5.98. The third-order valence-electron chi connectivity index (χ3n) is 2.78. The lowest BCUT2D eigenvalue weighted by atomic mass is 10.2. The Morgan fingerprint density at radius 2 is 2.05 bits per heavy atom. The van der Waals surface area contributed by atoms with Crippen molar-refractivity contribution < 1.29 is 9.72 Å². The summed E-state index contributed by atoms with van der Waals surface area (Å²) in [5, 5.41) is 10.9. The van der Waals surface area contributed by atoms with E-state index < -0.39 is 10.8 Å². The Morgan fingerprint density at radius 3 is 2.60 bits per heavy atom. The van der Waals surface area contributed by atoms with Crippen LogP contribution < -0.4 is 5.73 Å². The largest absolute Gasteiger partial charge is 0.384 e. The summed E-state index contributed by atoms with van der Waals surface area (Å²) in [5.41, 5.74) is 5.13. The highest BCUT2D eigenvalue weighted by Gasteiger charge is 2.23. The van der Waals surface area contributed by atoms with Crippen LogP contribution in [0.15, 0.2) is 12.3 Å². The molecule has 0 saturated heterocycles. The highest BCUT2D eigenvalue weighted by Crippen LogP contribution is 2.20. The van der Waals surface area contributed by atoms with Crippen molar-refractivity contribution in [2.75, 3.05) is 40.0 Å². The Kier molecular flexibility index (Phi) is 5.39. The summed E-state index contributed by atoms with van der Waals surface area (Å²) in [6.45, 7) is 1.34. The van der Waals surface area contributed by atoms with Gasteiger partial charge in [-0.3, -0.25) is 14.9 Å². The van der Waals surface area contributed by atoms with Crippen LogP contribution in [0, 0.1) is 10.1 Å². The van der Waals surface area contributed by atoms with Crippen molar-refractivity contribution in [3.63, 3.8) is 0 Å². The molecule has 0 atom stereocenters. The average molecular weight is 281 g/mol. The van der Waals surface area contributed by atoms with E-state index in [9.17, 15) is 14.9 Å². The van der Waals surface area contributed by atoms with Crippen LogP contribution in [0.4, 0.5) is 11.5 Å². The van der Waals surface area contributed by atoms with Crippen molar-refractivity contribution in [3.8, 4) is 0 Å². The molecule has 0 bridgehead atoms. The minimum atomic E-state index is -0.632. The van der Waals surface area contributed by atoms with Gasteiger partial charge in [0.25, 0.3) is 11.6 Å². The number of carbonyl (C=O) groups excluding carboxylic acids is 1. The molecule has 1 aromatic heterocycles. The van der Waals surface area contributed by atoms with Gasteiger partial charge in [0.15, 0.2) is 0 Å². The Balaban J connectivity index is 2.85. The van der Waals surface area contributed by atoms with Crippen LogP contribution >= 0.6 is 0 Å². The van der Waals surface area contributed by atoms with Crippen molar-refractivity contribution in [2.45, 2.75) is 6.42 Å². The number of amides is 1.